The molecule has 1 aliphatic heterocycles. The number of amides is 1. The van der Waals surface area contributed by atoms with E-state index in [2.05, 4.69) is 9.71 Å². The summed E-state index contributed by atoms with van der Waals surface area (Å²) in [6.45, 7) is 5.72. The lowest BCUT2D eigenvalue weighted by atomic mass is 9.91. The number of benzene rings is 1. The summed E-state index contributed by atoms with van der Waals surface area (Å²) >= 11 is 0. The third-order valence-electron chi connectivity index (χ3n) is 3.13. The standard InChI is InChI=1S/C14H18N4O3S.ClH/c1-14(2,3)11-7-8-4-5-9(12(19)17-13(15)16)6-10(8)22(20,21)18-11;/h4-7,18H,1-3H3,(H4,15,16,17,19);1H. The second kappa shape index (κ2) is 6.21. The number of nitrogens with zero attached hydrogens (tertiary/aromatic N) is 1. The van der Waals surface area contributed by atoms with Gasteiger partial charge in [-0.3, -0.25) is 9.52 Å². The smallest absolute Gasteiger partial charge is 0.280 e. The third-order valence-corrected chi connectivity index (χ3v) is 4.55. The maximum absolute atomic E-state index is 12.4. The first-order valence-electron chi connectivity index (χ1n) is 6.54. The van der Waals surface area contributed by atoms with Gasteiger partial charge in [0.1, 0.15) is 0 Å². The Bertz CT molecular complexity index is 804. The van der Waals surface area contributed by atoms with Crippen LogP contribution in [0.15, 0.2) is 33.8 Å². The maximum atomic E-state index is 12.4. The summed E-state index contributed by atoms with van der Waals surface area (Å²) in [5, 5.41) is 0. The molecule has 1 aromatic carbocycles. The molecule has 1 heterocycles. The van der Waals surface area contributed by atoms with E-state index in [0.29, 0.717) is 11.3 Å². The maximum Gasteiger partial charge on any atom is 0.280 e. The van der Waals surface area contributed by atoms with E-state index >= 15 is 0 Å². The first-order chi connectivity index (χ1) is 10.0. The van der Waals surface area contributed by atoms with Crippen LogP contribution in [0.25, 0.3) is 6.08 Å². The first kappa shape index (κ1) is 19.0. The zero-order valence-corrected chi connectivity index (χ0v) is 14.6. The van der Waals surface area contributed by atoms with Gasteiger partial charge in [0.25, 0.3) is 15.9 Å². The minimum absolute atomic E-state index is 0. The average molecular weight is 359 g/mol. The van der Waals surface area contributed by atoms with Crippen LogP contribution < -0.4 is 16.2 Å². The van der Waals surface area contributed by atoms with Crippen molar-refractivity contribution in [1.82, 2.24) is 4.72 Å². The lowest BCUT2D eigenvalue weighted by molar-refractivity contribution is 0.100. The fourth-order valence-electron chi connectivity index (χ4n) is 1.96. The van der Waals surface area contributed by atoms with Gasteiger partial charge in [-0.2, -0.15) is 4.99 Å². The lowest BCUT2D eigenvalue weighted by Crippen LogP contribution is -2.33. The van der Waals surface area contributed by atoms with Crippen molar-refractivity contribution in [2.75, 3.05) is 0 Å². The Hall–Kier alpha value is -2.06. The summed E-state index contributed by atoms with van der Waals surface area (Å²) in [6, 6.07) is 4.32. The van der Waals surface area contributed by atoms with Gasteiger partial charge in [-0.05, 0) is 23.8 Å². The zero-order valence-electron chi connectivity index (χ0n) is 13.0. The van der Waals surface area contributed by atoms with Crippen molar-refractivity contribution in [1.29, 1.82) is 0 Å². The molecule has 0 atom stereocenters. The molecule has 9 heteroatoms. The van der Waals surface area contributed by atoms with Gasteiger partial charge in [-0.25, -0.2) is 8.42 Å². The van der Waals surface area contributed by atoms with Crippen LogP contribution in [0, 0.1) is 5.41 Å². The molecule has 0 fully saturated rings. The predicted octanol–water partition coefficient (Wildman–Crippen LogP) is 1.20. The number of nitrogens with one attached hydrogen (secondary N) is 1. The number of fused-ring (bicyclic) bond motifs is 1. The highest BCUT2D eigenvalue weighted by atomic mass is 35.5. The summed E-state index contributed by atoms with van der Waals surface area (Å²) in [6.07, 6.45) is 1.76. The van der Waals surface area contributed by atoms with Crippen molar-refractivity contribution in [2.45, 2.75) is 25.7 Å². The van der Waals surface area contributed by atoms with Crippen molar-refractivity contribution >= 4 is 40.4 Å². The van der Waals surface area contributed by atoms with Gasteiger partial charge in [0, 0.05) is 16.7 Å². The number of nitrogens with two attached hydrogens (primary N) is 2. The number of allylic oxidation sites excluding steroid dienone is 1. The van der Waals surface area contributed by atoms with E-state index in [0.717, 1.165) is 0 Å². The topological polar surface area (TPSA) is 128 Å². The normalized spacial score (nSPS) is 15.3. The quantitative estimate of drug-likeness (QED) is 0.513. The molecule has 1 aliphatic rings. The van der Waals surface area contributed by atoms with Crippen LogP contribution >= 0.6 is 12.4 Å². The summed E-state index contributed by atoms with van der Waals surface area (Å²) in [5.41, 5.74) is 11.2. The van der Waals surface area contributed by atoms with Gasteiger partial charge < -0.3 is 11.5 Å². The number of rotatable bonds is 1. The van der Waals surface area contributed by atoms with E-state index in [9.17, 15) is 13.2 Å². The van der Waals surface area contributed by atoms with Crippen LogP contribution in [0.5, 0.6) is 0 Å². The fraction of sp³-hybridized carbons (Fsp3) is 0.286. The predicted molar refractivity (Wildman–Crippen MR) is 91.6 cm³/mol. The second-order valence-corrected chi connectivity index (χ2v) is 7.66. The van der Waals surface area contributed by atoms with Crippen LogP contribution in [0.4, 0.5) is 0 Å². The molecule has 0 aliphatic carbocycles. The van der Waals surface area contributed by atoms with Crippen molar-refractivity contribution in [2.24, 2.45) is 21.9 Å². The summed E-state index contributed by atoms with van der Waals surface area (Å²) in [5.74, 6) is -1.07. The monoisotopic (exact) mass is 358 g/mol. The molecule has 0 bridgehead atoms. The number of aliphatic imine (C=N–C) groups is 1. The zero-order chi connectivity index (χ0) is 16.7. The Morgan fingerprint density at radius 3 is 2.35 bits per heavy atom. The third kappa shape index (κ3) is 4.02. The molecule has 0 spiro atoms. The van der Waals surface area contributed by atoms with E-state index in [-0.39, 0.29) is 34.2 Å². The number of carbonyl (C=O) groups excluding carboxylic acids is 1. The molecule has 7 nitrogen and oxygen atoms in total. The molecule has 1 amide bonds. The van der Waals surface area contributed by atoms with E-state index < -0.39 is 15.9 Å². The number of carbonyl (C=O) groups is 1. The summed E-state index contributed by atoms with van der Waals surface area (Å²) in [7, 11) is -3.74. The minimum atomic E-state index is -3.74. The highest BCUT2D eigenvalue weighted by Gasteiger charge is 2.30. The van der Waals surface area contributed by atoms with Crippen LogP contribution in [0.2, 0.25) is 0 Å². The van der Waals surface area contributed by atoms with E-state index in [1.165, 1.54) is 12.1 Å². The highest BCUT2D eigenvalue weighted by Crippen LogP contribution is 2.33. The molecule has 0 unspecified atom stereocenters. The summed E-state index contributed by atoms with van der Waals surface area (Å²) < 4.78 is 27.3. The Balaban J connectivity index is 0.00000264. The van der Waals surface area contributed by atoms with Gasteiger partial charge in [0.2, 0.25) is 0 Å². The van der Waals surface area contributed by atoms with E-state index in [1.807, 2.05) is 20.8 Å². The lowest BCUT2D eigenvalue weighted by Gasteiger charge is -2.28. The summed E-state index contributed by atoms with van der Waals surface area (Å²) in [4.78, 5) is 15.2. The van der Waals surface area contributed by atoms with E-state index in [4.69, 9.17) is 11.5 Å². The molecule has 2 rings (SSSR count). The average Bonchev–Trinajstić information content (AvgIpc) is 2.35. The second-order valence-electron chi connectivity index (χ2n) is 6.01. The highest BCUT2D eigenvalue weighted by molar-refractivity contribution is 7.89. The van der Waals surface area contributed by atoms with Crippen LogP contribution in [0.1, 0.15) is 36.7 Å². The number of hydrogen-bond donors (Lipinski definition) is 3. The Morgan fingerprint density at radius 1 is 1.22 bits per heavy atom. The SMILES string of the molecule is CC(C)(C)C1=Cc2ccc(C(=O)N=C(N)N)cc2S(=O)(=O)N1.Cl. The Morgan fingerprint density at radius 2 is 1.83 bits per heavy atom. The molecule has 23 heavy (non-hydrogen) atoms. The van der Waals surface area contributed by atoms with Gasteiger partial charge in [0.15, 0.2) is 5.96 Å². The molecule has 0 radical (unpaired) electrons. The number of sulfonamides is 1. The van der Waals surface area contributed by atoms with E-state index in [1.54, 1.807) is 12.1 Å². The van der Waals surface area contributed by atoms with Crippen LogP contribution in [-0.2, 0) is 10.0 Å². The van der Waals surface area contributed by atoms with Gasteiger partial charge in [0.05, 0.1) is 4.90 Å². The molecule has 5 N–H and O–H groups in total. The van der Waals surface area contributed by atoms with Gasteiger partial charge in [-0.1, -0.05) is 26.8 Å². The van der Waals surface area contributed by atoms with Crippen LogP contribution in [-0.4, -0.2) is 20.3 Å². The van der Waals surface area contributed by atoms with Crippen molar-refractivity contribution in [3.05, 3.63) is 35.0 Å². The molecule has 0 aromatic heterocycles. The number of halogens is 1. The Labute approximate surface area is 141 Å². The molecular weight excluding hydrogens is 340 g/mol. The molecule has 1 aromatic rings. The minimum Gasteiger partial charge on any atom is -0.370 e. The Kier molecular flexibility index (Phi) is 5.13. The molecule has 126 valence electrons. The first-order valence-corrected chi connectivity index (χ1v) is 8.02. The van der Waals surface area contributed by atoms with Crippen molar-refractivity contribution in [3.63, 3.8) is 0 Å². The molecule has 0 saturated heterocycles. The number of hydrogen-bond acceptors (Lipinski definition) is 3. The van der Waals surface area contributed by atoms with Crippen molar-refractivity contribution in [3.8, 4) is 0 Å². The van der Waals surface area contributed by atoms with Gasteiger partial charge >= 0.3 is 0 Å². The van der Waals surface area contributed by atoms with Gasteiger partial charge in [-0.15, -0.1) is 12.4 Å². The number of guanidine groups is 1. The fourth-order valence-corrected chi connectivity index (χ4v) is 3.44. The molecular formula is C14H19ClN4O3S. The molecule has 0 saturated carbocycles. The largest absolute Gasteiger partial charge is 0.370 e. The van der Waals surface area contributed by atoms with Crippen molar-refractivity contribution < 1.29 is 13.2 Å². The van der Waals surface area contributed by atoms with Crippen LogP contribution in [0.3, 0.4) is 0 Å².